The Hall–Kier alpha value is -2.47. The zero-order chi connectivity index (χ0) is 21.6. The second-order valence-corrected chi connectivity index (χ2v) is 8.37. The molecule has 0 saturated carbocycles. The summed E-state index contributed by atoms with van der Waals surface area (Å²) in [5.74, 6) is 0.649. The van der Waals surface area contributed by atoms with Gasteiger partial charge in [0, 0.05) is 18.0 Å². The Morgan fingerprint density at radius 2 is 1.73 bits per heavy atom. The monoisotopic (exact) mass is 427 g/mol. The molecule has 3 rings (SSSR count). The molecule has 6 heteroatoms. The van der Waals surface area contributed by atoms with Crippen molar-refractivity contribution >= 4 is 23.6 Å². The Labute approximate surface area is 182 Å². The van der Waals surface area contributed by atoms with Gasteiger partial charge in [-0.3, -0.25) is 9.59 Å². The molecule has 0 unspecified atom stereocenters. The lowest BCUT2D eigenvalue weighted by Gasteiger charge is -2.40. The minimum Gasteiger partial charge on any atom is -0.497 e. The normalized spacial score (nSPS) is 15.5. The minimum absolute atomic E-state index is 0.0295. The van der Waals surface area contributed by atoms with Crippen LogP contribution in [0, 0.1) is 5.41 Å². The van der Waals surface area contributed by atoms with Gasteiger partial charge in [-0.1, -0.05) is 24.3 Å². The first kappa shape index (κ1) is 22.2. The first-order valence-electron chi connectivity index (χ1n) is 10.3. The van der Waals surface area contributed by atoms with Crippen molar-refractivity contribution in [3.05, 3.63) is 59.7 Å². The van der Waals surface area contributed by atoms with Crippen LogP contribution < -0.4 is 4.74 Å². The predicted molar refractivity (Wildman–Crippen MR) is 119 cm³/mol. The highest BCUT2D eigenvalue weighted by atomic mass is 32.2. The van der Waals surface area contributed by atoms with Crippen molar-refractivity contribution in [2.45, 2.75) is 31.1 Å². The molecule has 0 atom stereocenters. The van der Waals surface area contributed by atoms with Crippen LogP contribution in [0.5, 0.6) is 5.75 Å². The number of methoxy groups -OCH3 is 1. The van der Waals surface area contributed by atoms with E-state index in [1.165, 1.54) is 0 Å². The number of piperidine rings is 1. The maximum absolute atomic E-state index is 13.1. The van der Waals surface area contributed by atoms with Crippen molar-refractivity contribution in [2.75, 3.05) is 33.1 Å². The standard InChI is InChI=1S/C24H29NO4S/c1-4-29-23(27)24(17-18-9-11-19(28-2)12-10-18)13-15-25(16-14-24)22(26)20-7-5-6-8-21(20)30-3/h5-12H,4,13-17H2,1-3H3. The third-order valence-electron chi connectivity index (χ3n) is 5.76. The van der Waals surface area contributed by atoms with Gasteiger partial charge < -0.3 is 14.4 Å². The van der Waals surface area contributed by atoms with Gasteiger partial charge in [0.2, 0.25) is 0 Å². The molecule has 0 aromatic heterocycles. The molecule has 1 fully saturated rings. The van der Waals surface area contributed by atoms with E-state index in [1.54, 1.807) is 18.9 Å². The molecule has 1 heterocycles. The topological polar surface area (TPSA) is 55.8 Å². The van der Waals surface area contributed by atoms with Crippen molar-refractivity contribution in [1.29, 1.82) is 0 Å². The highest BCUT2D eigenvalue weighted by molar-refractivity contribution is 7.98. The van der Waals surface area contributed by atoms with Gasteiger partial charge in [-0.2, -0.15) is 0 Å². The van der Waals surface area contributed by atoms with Crippen molar-refractivity contribution in [1.82, 2.24) is 4.90 Å². The van der Waals surface area contributed by atoms with Crippen LogP contribution in [0.15, 0.2) is 53.4 Å². The molecule has 1 amide bonds. The fraction of sp³-hybridized carbons (Fsp3) is 0.417. The van der Waals surface area contributed by atoms with E-state index in [-0.39, 0.29) is 11.9 Å². The summed E-state index contributed by atoms with van der Waals surface area (Å²) in [4.78, 5) is 28.9. The molecule has 0 spiro atoms. The molecular formula is C24H29NO4S. The van der Waals surface area contributed by atoms with Crippen molar-refractivity contribution in [2.24, 2.45) is 5.41 Å². The van der Waals surface area contributed by atoms with E-state index in [9.17, 15) is 9.59 Å². The van der Waals surface area contributed by atoms with E-state index in [0.29, 0.717) is 39.0 Å². The van der Waals surface area contributed by atoms with Crippen LogP contribution >= 0.6 is 11.8 Å². The molecule has 1 saturated heterocycles. The van der Waals surface area contributed by atoms with Crippen LogP contribution in [0.4, 0.5) is 0 Å². The summed E-state index contributed by atoms with van der Waals surface area (Å²) < 4.78 is 10.7. The number of rotatable bonds is 7. The van der Waals surface area contributed by atoms with Crippen molar-refractivity contribution in [3.63, 3.8) is 0 Å². The summed E-state index contributed by atoms with van der Waals surface area (Å²) in [6.07, 6.45) is 3.75. The molecule has 1 aliphatic rings. The third-order valence-corrected chi connectivity index (χ3v) is 6.55. The van der Waals surface area contributed by atoms with Gasteiger partial charge in [0.15, 0.2) is 0 Å². The number of esters is 1. The van der Waals surface area contributed by atoms with Gasteiger partial charge in [-0.05, 0) is 62.3 Å². The Bertz CT molecular complexity index is 873. The van der Waals surface area contributed by atoms with E-state index in [0.717, 1.165) is 21.8 Å². The molecule has 0 bridgehead atoms. The summed E-state index contributed by atoms with van der Waals surface area (Å²) in [5.41, 5.74) is 1.18. The number of hydrogen-bond donors (Lipinski definition) is 0. The Morgan fingerprint density at radius 3 is 2.33 bits per heavy atom. The molecule has 2 aromatic carbocycles. The van der Waals surface area contributed by atoms with Gasteiger partial charge in [-0.15, -0.1) is 11.8 Å². The second-order valence-electron chi connectivity index (χ2n) is 7.52. The van der Waals surface area contributed by atoms with Gasteiger partial charge in [0.25, 0.3) is 5.91 Å². The molecule has 0 N–H and O–H groups in total. The Morgan fingerprint density at radius 1 is 1.07 bits per heavy atom. The fourth-order valence-corrected chi connectivity index (χ4v) is 4.59. The smallest absolute Gasteiger partial charge is 0.312 e. The summed E-state index contributed by atoms with van der Waals surface area (Å²) in [7, 11) is 1.64. The highest BCUT2D eigenvalue weighted by Gasteiger charge is 2.43. The van der Waals surface area contributed by atoms with E-state index in [1.807, 2.05) is 66.6 Å². The molecule has 5 nitrogen and oxygen atoms in total. The number of carbonyl (C=O) groups is 2. The lowest BCUT2D eigenvalue weighted by Crippen LogP contribution is -2.48. The van der Waals surface area contributed by atoms with Crippen LogP contribution in [0.2, 0.25) is 0 Å². The summed E-state index contributed by atoms with van der Waals surface area (Å²) in [6, 6.07) is 15.5. The third kappa shape index (κ3) is 4.81. The summed E-state index contributed by atoms with van der Waals surface area (Å²) in [6.45, 7) is 3.26. The van der Waals surface area contributed by atoms with Crippen molar-refractivity contribution in [3.8, 4) is 5.75 Å². The summed E-state index contributed by atoms with van der Waals surface area (Å²) in [5, 5.41) is 0. The van der Waals surface area contributed by atoms with E-state index < -0.39 is 5.41 Å². The number of hydrogen-bond acceptors (Lipinski definition) is 5. The lowest BCUT2D eigenvalue weighted by atomic mass is 9.73. The fourth-order valence-electron chi connectivity index (χ4n) is 4.00. The zero-order valence-corrected chi connectivity index (χ0v) is 18.7. The second kappa shape index (κ2) is 10.0. The number of carbonyl (C=O) groups excluding carboxylic acids is 2. The first-order chi connectivity index (χ1) is 14.5. The van der Waals surface area contributed by atoms with Crippen LogP contribution in [0.3, 0.4) is 0 Å². The average Bonchev–Trinajstić information content (AvgIpc) is 2.79. The molecule has 0 radical (unpaired) electrons. The van der Waals surface area contributed by atoms with Crippen LogP contribution in [-0.2, 0) is 16.0 Å². The predicted octanol–water partition coefficient (Wildman–Crippen LogP) is 4.45. The van der Waals surface area contributed by atoms with E-state index >= 15 is 0 Å². The SMILES string of the molecule is CCOC(=O)C1(Cc2ccc(OC)cc2)CCN(C(=O)c2ccccc2SC)CC1. The Kier molecular flexibility index (Phi) is 7.43. The van der Waals surface area contributed by atoms with Crippen LogP contribution in [0.1, 0.15) is 35.7 Å². The molecular weight excluding hydrogens is 398 g/mol. The number of amides is 1. The van der Waals surface area contributed by atoms with Gasteiger partial charge in [0.1, 0.15) is 5.75 Å². The van der Waals surface area contributed by atoms with E-state index in [2.05, 4.69) is 0 Å². The van der Waals surface area contributed by atoms with Crippen LogP contribution in [-0.4, -0.2) is 49.8 Å². The molecule has 30 heavy (non-hydrogen) atoms. The minimum atomic E-state index is -0.611. The molecule has 0 aliphatic carbocycles. The largest absolute Gasteiger partial charge is 0.497 e. The molecule has 160 valence electrons. The van der Waals surface area contributed by atoms with Crippen LogP contribution in [0.25, 0.3) is 0 Å². The number of nitrogens with zero attached hydrogens (tertiary/aromatic N) is 1. The average molecular weight is 428 g/mol. The zero-order valence-electron chi connectivity index (χ0n) is 17.8. The van der Waals surface area contributed by atoms with E-state index in [4.69, 9.17) is 9.47 Å². The molecule has 2 aromatic rings. The number of thioether (sulfide) groups is 1. The lowest BCUT2D eigenvalue weighted by molar-refractivity contribution is -0.158. The Balaban J connectivity index is 1.77. The highest BCUT2D eigenvalue weighted by Crippen LogP contribution is 2.38. The van der Waals surface area contributed by atoms with Crippen molar-refractivity contribution < 1.29 is 19.1 Å². The number of ether oxygens (including phenoxy) is 2. The van der Waals surface area contributed by atoms with Gasteiger partial charge in [0.05, 0.1) is 24.7 Å². The number of benzene rings is 2. The van der Waals surface area contributed by atoms with Gasteiger partial charge in [-0.25, -0.2) is 0 Å². The quantitative estimate of drug-likeness (QED) is 0.483. The molecule has 1 aliphatic heterocycles. The first-order valence-corrected chi connectivity index (χ1v) is 11.5. The summed E-state index contributed by atoms with van der Waals surface area (Å²) >= 11 is 1.57. The maximum Gasteiger partial charge on any atom is 0.312 e. The maximum atomic E-state index is 13.1. The number of likely N-dealkylation sites (tertiary alicyclic amines) is 1. The van der Waals surface area contributed by atoms with Gasteiger partial charge >= 0.3 is 5.97 Å².